The van der Waals surface area contributed by atoms with Crippen molar-refractivity contribution >= 4 is 17.5 Å². The van der Waals surface area contributed by atoms with Crippen LogP contribution in [0.25, 0.3) is 0 Å². The van der Waals surface area contributed by atoms with Crippen LogP contribution in [0.15, 0.2) is 18.3 Å². The molecule has 1 atom stereocenters. The van der Waals surface area contributed by atoms with Gasteiger partial charge in [-0.3, -0.25) is 14.7 Å². The van der Waals surface area contributed by atoms with Crippen LogP contribution in [0.1, 0.15) is 30.8 Å². The predicted octanol–water partition coefficient (Wildman–Crippen LogP) is 1.95. The van der Waals surface area contributed by atoms with Gasteiger partial charge in [0.05, 0.1) is 0 Å². The molecule has 2 heterocycles. The van der Waals surface area contributed by atoms with Gasteiger partial charge in [-0.2, -0.15) is 0 Å². The van der Waals surface area contributed by atoms with Crippen LogP contribution in [0.5, 0.6) is 0 Å². The van der Waals surface area contributed by atoms with Crippen LogP contribution in [-0.2, 0) is 0 Å². The lowest BCUT2D eigenvalue weighted by atomic mass is 10.2. The van der Waals surface area contributed by atoms with E-state index in [1.54, 1.807) is 18.3 Å². The molecule has 1 aliphatic rings. The molecule has 1 aliphatic heterocycles. The number of amides is 1. The zero-order valence-electron chi connectivity index (χ0n) is 10.7. The van der Waals surface area contributed by atoms with Crippen LogP contribution < -0.4 is 5.32 Å². The molecule has 0 spiro atoms. The molecule has 1 aromatic rings. The molecule has 0 radical (unpaired) electrons. The minimum absolute atomic E-state index is 0.145. The Labute approximate surface area is 112 Å². The molecular weight excluding hydrogens is 250 g/mol. The van der Waals surface area contributed by atoms with Crippen molar-refractivity contribution in [1.29, 1.82) is 0 Å². The molecule has 4 nitrogen and oxygen atoms in total. The van der Waals surface area contributed by atoms with Gasteiger partial charge in [-0.05, 0) is 32.4 Å². The highest BCUT2D eigenvalue weighted by atomic mass is 35.5. The summed E-state index contributed by atoms with van der Waals surface area (Å²) in [5.41, 5.74) is 0.380. The second-order valence-corrected chi connectivity index (χ2v) is 5.34. The van der Waals surface area contributed by atoms with Gasteiger partial charge in [0.15, 0.2) is 0 Å². The van der Waals surface area contributed by atoms with Crippen molar-refractivity contribution in [1.82, 2.24) is 15.2 Å². The van der Waals surface area contributed by atoms with Gasteiger partial charge >= 0.3 is 0 Å². The van der Waals surface area contributed by atoms with E-state index in [0.717, 1.165) is 19.5 Å². The molecule has 1 amide bonds. The van der Waals surface area contributed by atoms with Crippen molar-refractivity contribution in [2.24, 2.45) is 0 Å². The smallest absolute Gasteiger partial charge is 0.270 e. The highest BCUT2D eigenvalue weighted by Gasteiger charge is 2.25. The van der Waals surface area contributed by atoms with E-state index < -0.39 is 0 Å². The van der Waals surface area contributed by atoms with Crippen LogP contribution >= 0.6 is 11.6 Å². The SMILES string of the molecule is CC(C)N1CCC(NC(=O)c2cc(Cl)ccn2)C1. The number of likely N-dealkylation sites (tertiary alicyclic amines) is 1. The molecule has 0 aliphatic carbocycles. The Bertz CT molecular complexity index is 436. The summed E-state index contributed by atoms with van der Waals surface area (Å²) in [6.07, 6.45) is 2.54. The molecule has 98 valence electrons. The highest BCUT2D eigenvalue weighted by Crippen LogP contribution is 2.13. The maximum atomic E-state index is 12.0. The molecule has 0 saturated carbocycles. The molecule has 1 aromatic heterocycles. The maximum absolute atomic E-state index is 12.0. The van der Waals surface area contributed by atoms with Gasteiger partial charge in [-0.15, -0.1) is 0 Å². The number of carbonyl (C=O) groups excluding carboxylic acids is 1. The number of carbonyl (C=O) groups is 1. The molecule has 0 bridgehead atoms. The lowest BCUT2D eigenvalue weighted by Gasteiger charge is -2.20. The van der Waals surface area contributed by atoms with Gasteiger partial charge in [0.2, 0.25) is 0 Å². The Balaban J connectivity index is 1.93. The molecule has 1 saturated heterocycles. The minimum Gasteiger partial charge on any atom is -0.347 e. The van der Waals surface area contributed by atoms with Gasteiger partial charge in [0, 0.05) is 36.4 Å². The summed E-state index contributed by atoms with van der Waals surface area (Å²) < 4.78 is 0. The number of nitrogens with zero attached hydrogens (tertiary/aromatic N) is 2. The normalized spacial score (nSPS) is 20.3. The van der Waals surface area contributed by atoms with Gasteiger partial charge < -0.3 is 5.32 Å². The van der Waals surface area contributed by atoms with Crippen molar-refractivity contribution in [2.75, 3.05) is 13.1 Å². The van der Waals surface area contributed by atoms with E-state index in [2.05, 4.69) is 29.0 Å². The number of halogens is 1. The fourth-order valence-electron chi connectivity index (χ4n) is 2.16. The summed E-state index contributed by atoms with van der Waals surface area (Å²) >= 11 is 5.84. The molecule has 2 rings (SSSR count). The Morgan fingerprint density at radius 3 is 3.00 bits per heavy atom. The lowest BCUT2D eigenvalue weighted by molar-refractivity contribution is 0.0931. The lowest BCUT2D eigenvalue weighted by Crippen LogP contribution is -2.38. The van der Waals surface area contributed by atoms with Crippen LogP contribution in [0.3, 0.4) is 0 Å². The summed E-state index contributed by atoms with van der Waals surface area (Å²) in [6.45, 7) is 6.28. The molecule has 1 fully saturated rings. The summed E-state index contributed by atoms with van der Waals surface area (Å²) in [4.78, 5) is 18.4. The van der Waals surface area contributed by atoms with Crippen LogP contribution in [0, 0.1) is 0 Å². The van der Waals surface area contributed by atoms with Gasteiger partial charge in [0.1, 0.15) is 5.69 Å². The number of hydrogen-bond donors (Lipinski definition) is 1. The number of hydrogen-bond acceptors (Lipinski definition) is 3. The molecular formula is C13H18ClN3O. The van der Waals surface area contributed by atoms with Crippen molar-refractivity contribution in [3.63, 3.8) is 0 Å². The number of pyridine rings is 1. The fourth-order valence-corrected chi connectivity index (χ4v) is 2.32. The second-order valence-electron chi connectivity index (χ2n) is 4.91. The topological polar surface area (TPSA) is 45.2 Å². The third-order valence-corrected chi connectivity index (χ3v) is 3.47. The molecule has 18 heavy (non-hydrogen) atoms. The standard InChI is InChI=1S/C13H18ClN3O/c1-9(2)17-6-4-11(8-17)16-13(18)12-7-10(14)3-5-15-12/h3,5,7,9,11H,4,6,8H2,1-2H3,(H,16,18). The average Bonchev–Trinajstić information content (AvgIpc) is 2.77. The van der Waals surface area contributed by atoms with Gasteiger partial charge in [-0.1, -0.05) is 11.6 Å². The Kier molecular flexibility index (Phi) is 4.19. The van der Waals surface area contributed by atoms with E-state index in [-0.39, 0.29) is 11.9 Å². The zero-order valence-corrected chi connectivity index (χ0v) is 11.4. The Morgan fingerprint density at radius 1 is 1.61 bits per heavy atom. The summed E-state index contributed by atoms with van der Waals surface area (Å²) in [6, 6.07) is 3.98. The number of nitrogens with one attached hydrogen (secondary N) is 1. The zero-order chi connectivity index (χ0) is 13.1. The fraction of sp³-hybridized carbons (Fsp3) is 0.538. The second kappa shape index (κ2) is 5.67. The van der Waals surface area contributed by atoms with Crippen LogP contribution in [0.2, 0.25) is 5.02 Å². The largest absolute Gasteiger partial charge is 0.347 e. The van der Waals surface area contributed by atoms with E-state index in [4.69, 9.17) is 11.6 Å². The predicted molar refractivity (Wildman–Crippen MR) is 71.8 cm³/mol. The first-order valence-corrected chi connectivity index (χ1v) is 6.60. The minimum atomic E-state index is -0.145. The van der Waals surface area contributed by atoms with Crippen molar-refractivity contribution in [3.8, 4) is 0 Å². The van der Waals surface area contributed by atoms with E-state index in [9.17, 15) is 4.79 Å². The molecule has 1 N–H and O–H groups in total. The summed E-state index contributed by atoms with van der Waals surface area (Å²) in [5.74, 6) is -0.145. The Hall–Kier alpha value is -1.13. The monoisotopic (exact) mass is 267 g/mol. The molecule has 1 unspecified atom stereocenters. The van der Waals surface area contributed by atoms with E-state index >= 15 is 0 Å². The van der Waals surface area contributed by atoms with Crippen molar-refractivity contribution in [3.05, 3.63) is 29.0 Å². The van der Waals surface area contributed by atoms with Crippen molar-refractivity contribution < 1.29 is 4.79 Å². The Morgan fingerprint density at radius 2 is 2.39 bits per heavy atom. The maximum Gasteiger partial charge on any atom is 0.270 e. The van der Waals surface area contributed by atoms with Crippen LogP contribution in [0.4, 0.5) is 0 Å². The van der Waals surface area contributed by atoms with Gasteiger partial charge in [-0.25, -0.2) is 0 Å². The number of rotatable bonds is 3. The van der Waals surface area contributed by atoms with E-state index in [0.29, 0.717) is 16.8 Å². The first kappa shape index (κ1) is 13.3. The van der Waals surface area contributed by atoms with E-state index in [1.165, 1.54) is 0 Å². The highest BCUT2D eigenvalue weighted by molar-refractivity contribution is 6.30. The van der Waals surface area contributed by atoms with Crippen molar-refractivity contribution in [2.45, 2.75) is 32.4 Å². The quantitative estimate of drug-likeness (QED) is 0.910. The summed E-state index contributed by atoms with van der Waals surface area (Å²) in [7, 11) is 0. The molecule has 5 heteroatoms. The third kappa shape index (κ3) is 3.21. The number of aromatic nitrogens is 1. The first-order chi connectivity index (χ1) is 8.56. The van der Waals surface area contributed by atoms with E-state index in [1.807, 2.05) is 0 Å². The third-order valence-electron chi connectivity index (χ3n) is 3.24. The average molecular weight is 268 g/mol. The molecule has 0 aromatic carbocycles. The first-order valence-electron chi connectivity index (χ1n) is 6.22. The summed E-state index contributed by atoms with van der Waals surface area (Å²) in [5, 5.41) is 3.54. The van der Waals surface area contributed by atoms with Crippen LogP contribution in [-0.4, -0.2) is 41.0 Å². The van der Waals surface area contributed by atoms with Gasteiger partial charge in [0.25, 0.3) is 5.91 Å².